The molecule has 0 spiro atoms. The van der Waals surface area contributed by atoms with E-state index >= 15 is 0 Å². The van der Waals surface area contributed by atoms with E-state index in [9.17, 15) is 4.79 Å². The maximum Gasteiger partial charge on any atom is 0.270 e. The Bertz CT molecular complexity index is 529. The SMILES string of the molecule is COc1cccc(C(=O)NCc2ccncc2)n1. The van der Waals surface area contributed by atoms with Gasteiger partial charge in [0.25, 0.3) is 5.91 Å². The number of methoxy groups -OCH3 is 1. The van der Waals surface area contributed by atoms with Crippen LogP contribution in [0, 0.1) is 0 Å². The minimum atomic E-state index is -0.231. The van der Waals surface area contributed by atoms with Crippen molar-refractivity contribution in [3.8, 4) is 5.88 Å². The predicted octanol–water partition coefficient (Wildman–Crippen LogP) is 1.42. The maximum atomic E-state index is 11.8. The molecule has 92 valence electrons. The molecule has 0 fully saturated rings. The summed E-state index contributed by atoms with van der Waals surface area (Å²) in [7, 11) is 1.51. The van der Waals surface area contributed by atoms with Crippen molar-refractivity contribution in [3.05, 3.63) is 54.0 Å². The van der Waals surface area contributed by atoms with Crippen LogP contribution in [0.5, 0.6) is 5.88 Å². The number of rotatable bonds is 4. The monoisotopic (exact) mass is 243 g/mol. The van der Waals surface area contributed by atoms with Crippen molar-refractivity contribution in [2.24, 2.45) is 0 Å². The molecule has 2 rings (SSSR count). The molecular formula is C13H13N3O2. The average Bonchev–Trinajstić information content (AvgIpc) is 2.46. The van der Waals surface area contributed by atoms with Crippen molar-refractivity contribution >= 4 is 5.91 Å². The molecule has 0 aliphatic heterocycles. The third-order valence-corrected chi connectivity index (χ3v) is 2.37. The zero-order chi connectivity index (χ0) is 12.8. The van der Waals surface area contributed by atoms with E-state index in [1.807, 2.05) is 12.1 Å². The molecule has 0 saturated carbocycles. The van der Waals surface area contributed by atoms with Crippen molar-refractivity contribution in [1.29, 1.82) is 0 Å². The molecule has 0 bridgehead atoms. The van der Waals surface area contributed by atoms with Crippen LogP contribution in [-0.2, 0) is 6.54 Å². The molecular weight excluding hydrogens is 230 g/mol. The van der Waals surface area contributed by atoms with Gasteiger partial charge in [0.1, 0.15) is 5.69 Å². The summed E-state index contributed by atoms with van der Waals surface area (Å²) in [6.07, 6.45) is 3.37. The molecule has 0 unspecified atom stereocenters. The molecule has 1 N–H and O–H groups in total. The Labute approximate surface area is 105 Å². The zero-order valence-electron chi connectivity index (χ0n) is 9.96. The Morgan fingerprint density at radius 2 is 2.06 bits per heavy atom. The van der Waals surface area contributed by atoms with Gasteiger partial charge in [0, 0.05) is 25.0 Å². The highest BCUT2D eigenvalue weighted by Gasteiger charge is 2.07. The van der Waals surface area contributed by atoms with Gasteiger partial charge in [-0.05, 0) is 23.8 Å². The highest BCUT2D eigenvalue weighted by Crippen LogP contribution is 2.06. The number of nitrogens with zero attached hydrogens (tertiary/aromatic N) is 2. The van der Waals surface area contributed by atoms with Crippen LogP contribution in [0.4, 0.5) is 0 Å². The fourth-order valence-corrected chi connectivity index (χ4v) is 1.43. The molecule has 0 saturated heterocycles. The summed E-state index contributed by atoms with van der Waals surface area (Å²) in [5.74, 6) is 0.192. The average molecular weight is 243 g/mol. The second kappa shape index (κ2) is 5.77. The summed E-state index contributed by atoms with van der Waals surface area (Å²) in [4.78, 5) is 19.8. The molecule has 5 nitrogen and oxygen atoms in total. The van der Waals surface area contributed by atoms with Crippen molar-refractivity contribution in [2.45, 2.75) is 6.54 Å². The first-order chi connectivity index (χ1) is 8.79. The smallest absolute Gasteiger partial charge is 0.270 e. The van der Waals surface area contributed by atoms with E-state index in [-0.39, 0.29) is 5.91 Å². The van der Waals surface area contributed by atoms with Gasteiger partial charge in [0.15, 0.2) is 0 Å². The van der Waals surface area contributed by atoms with Gasteiger partial charge < -0.3 is 10.1 Å². The van der Waals surface area contributed by atoms with Crippen LogP contribution in [0.3, 0.4) is 0 Å². The summed E-state index contributed by atoms with van der Waals surface area (Å²) in [6, 6.07) is 8.76. The van der Waals surface area contributed by atoms with Crippen molar-refractivity contribution in [1.82, 2.24) is 15.3 Å². The molecule has 0 aromatic carbocycles. The molecule has 1 amide bonds. The fourth-order valence-electron chi connectivity index (χ4n) is 1.43. The van der Waals surface area contributed by atoms with Crippen LogP contribution < -0.4 is 10.1 Å². The number of hydrogen-bond acceptors (Lipinski definition) is 4. The Morgan fingerprint density at radius 3 is 2.78 bits per heavy atom. The lowest BCUT2D eigenvalue weighted by molar-refractivity contribution is 0.0945. The predicted molar refractivity (Wildman–Crippen MR) is 66.2 cm³/mol. The summed E-state index contributed by atoms with van der Waals surface area (Å²) < 4.78 is 4.97. The fraction of sp³-hybridized carbons (Fsp3) is 0.154. The van der Waals surface area contributed by atoms with Crippen molar-refractivity contribution in [2.75, 3.05) is 7.11 Å². The van der Waals surface area contributed by atoms with Gasteiger partial charge in [-0.3, -0.25) is 9.78 Å². The molecule has 5 heteroatoms. The first-order valence-corrected chi connectivity index (χ1v) is 5.48. The lowest BCUT2D eigenvalue weighted by atomic mass is 10.2. The van der Waals surface area contributed by atoms with Gasteiger partial charge >= 0.3 is 0 Å². The van der Waals surface area contributed by atoms with Gasteiger partial charge in [0.05, 0.1) is 7.11 Å². The van der Waals surface area contributed by atoms with Crippen LogP contribution in [0.15, 0.2) is 42.7 Å². The van der Waals surface area contributed by atoms with E-state index in [4.69, 9.17) is 4.74 Å². The molecule has 2 heterocycles. The highest BCUT2D eigenvalue weighted by molar-refractivity contribution is 5.92. The van der Waals surface area contributed by atoms with Crippen LogP contribution in [-0.4, -0.2) is 23.0 Å². The molecule has 0 aliphatic rings. The molecule has 0 radical (unpaired) electrons. The lowest BCUT2D eigenvalue weighted by Crippen LogP contribution is -2.23. The van der Waals surface area contributed by atoms with E-state index in [2.05, 4.69) is 15.3 Å². The molecule has 0 atom stereocenters. The minimum absolute atomic E-state index is 0.231. The Morgan fingerprint density at radius 1 is 1.28 bits per heavy atom. The van der Waals surface area contributed by atoms with Crippen molar-refractivity contribution in [3.63, 3.8) is 0 Å². The normalized spacial score (nSPS) is 9.83. The number of nitrogens with one attached hydrogen (secondary N) is 1. The van der Waals surface area contributed by atoms with E-state index in [0.717, 1.165) is 5.56 Å². The number of hydrogen-bond donors (Lipinski definition) is 1. The van der Waals surface area contributed by atoms with E-state index in [1.54, 1.807) is 30.6 Å². The Hall–Kier alpha value is -2.43. The summed E-state index contributed by atoms with van der Waals surface area (Å²) >= 11 is 0. The van der Waals surface area contributed by atoms with Gasteiger partial charge in [-0.1, -0.05) is 6.07 Å². The largest absolute Gasteiger partial charge is 0.481 e. The first kappa shape index (κ1) is 12.0. The van der Waals surface area contributed by atoms with E-state index in [0.29, 0.717) is 18.1 Å². The molecule has 2 aromatic rings. The zero-order valence-corrected chi connectivity index (χ0v) is 9.96. The highest BCUT2D eigenvalue weighted by atomic mass is 16.5. The Kier molecular flexibility index (Phi) is 3.86. The number of ether oxygens (including phenoxy) is 1. The third-order valence-electron chi connectivity index (χ3n) is 2.37. The van der Waals surface area contributed by atoms with Crippen LogP contribution in [0.25, 0.3) is 0 Å². The lowest BCUT2D eigenvalue weighted by Gasteiger charge is -2.05. The van der Waals surface area contributed by atoms with E-state index < -0.39 is 0 Å². The van der Waals surface area contributed by atoms with Gasteiger partial charge in [-0.15, -0.1) is 0 Å². The third kappa shape index (κ3) is 3.04. The van der Waals surface area contributed by atoms with Crippen LogP contribution in [0.2, 0.25) is 0 Å². The number of pyridine rings is 2. The topological polar surface area (TPSA) is 64.1 Å². The summed E-state index contributed by atoms with van der Waals surface area (Å²) in [6.45, 7) is 0.445. The van der Waals surface area contributed by atoms with Crippen LogP contribution in [0.1, 0.15) is 16.1 Å². The number of carbonyl (C=O) groups excluding carboxylic acids is 1. The Balaban J connectivity index is 1.99. The molecule has 2 aromatic heterocycles. The molecule has 0 aliphatic carbocycles. The van der Waals surface area contributed by atoms with Gasteiger partial charge in [-0.25, -0.2) is 4.98 Å². The summed E-state index contributed by atoms with van der Waals surface area (Å²) in [5.41, 5.74) is 1.32. The number of aromatic nitrogens is 2. The van der Waals surface area contributed by atoms with E-state index in [1.165, 1.54) is 7.11 Å². The standard InChI is InChI=1S/C13H13N3O2/c1-18-12-4-2-3-11(16-12)13(17)15-9-10-5-7-14-8-6-10/h2-8H,9H2,1H3,(H,15,17). The quantitative estimate of drug-likeness (QED) is 0.882. The first-order valence-electron chi connectivity index (χ1n) is 5.48. The number of carbonyl (C=O) groups is 1. The summed E-state index contributed by atoms with van der Waals surface area (Å²) in [5, 5.41) is 2.78. The number of amides is 1. The maximum absolute atomic E-state index is 11.8. The molecule has 18 heavy (non-hydrogen) atoms. The van der Waals surface area contributed by atoms with Gasteiger partial charge in [-0.2, -0.15) is 0 Å². The van der Waals surface area contributed by atoms with Crippen LogP contribution >= 0.6 is 0 Å². The van der Waals surface area contributed by atoms with Gasteiger partial charge in [0.2, 0.25) is 5.88 Å². The minimum Gasteiger partial charge on any atom is -0.481 e. The second-order valence-corrected chi connectivity index (χ2v) is 3.60. The van der Waals surface area contributed by atoms with Crippen molar-refractivity contribution < 1.29 is 9.53 Å². The second-order valence-electron chi connectivity index (χ2n) is 3.60.